The van der Waals surface area contributed by atoms with E-state index in [4.69, 9.17) is 0 Å². The van der Waals surface area contributed by atoms with Crippen molar-refractivity contribution in [3.63, 3.8) is 0 Å². The predicted molar refractivity (Wildman–Crippen MR) is 68.5 cm³/mol. The quantitative estimate of drug-likeness (QED) is 0.842. The summed E-state index contributed by atoms with van der Waals surface area (Å²) < 4.78 is 1.75. The Balaban J connectivity index is 1.85. The molecule has 0 radical (unpaired) electrons. The fourth-order valence-corrected chi connectivity index (χ4v) is 1.53. The number of aromatic nitrogens is 1. The molecule has 1 aromatic carbocycles. The molecule has 2 N–H and O–H groups in total. The maximum atomic E-state index is 11.6. The van der Waals surface area contributed by atoms with Gasteiger partial charge in [0.05, 0.1) is 0 Å². The van der Waals surface area contributed by atoms with Crippen LogP contribution < -0.4 is 10.7 Å². The van der Waals surface area contributed by atoms with Crippen LogP contribution in [0.5, 0.6) is 0 Å². The van der Waals surface area contributed by atoms with Gasteiger partial charge < -0.3 is 10.7 Å². The molecule has 1 heterocycles. The van der Waals surface area contributed by atoms with E-state index in [-0.39, 0.29) is 12.5 Å². The van der Waals surface area contributed by atoms with Gasteiger partial charge in [-0.3, -0.25) is 9.47 Å². The fraction of sp³-hybridized carbons (Fsp3) is 0.154. The summed E-state index contributed by atoms with van der Waals surface area (Å²) in [5.74, 6) is -0.0655. The Bertz CT molecular complexity index is 491. The third kappa shape index (κ3) is 3.38. The molecule has 0 spiro atoms. The first-order valence-corrected chi connectivity index (χ1v) is 5.47. The van der Waals surface area contributed by atoms with E-state index in [9.17, 15) is 4.79 Å². The topological polar surface area (TPSA) is 46.1 Å². The van der Waals surface area contributed by atoms with Crippen LogP contribution in [0, 0.1) is 6.92 Å². The predicted octanol–water partition coefficient (Wildman–Crippen LogP) is 1.98. The molecule has 0 aliphatic rings. The summed E-state index contributed by atoms with van der Waals surface area (Å²) in [6.45, 7) is 2.23. The van der Waals surface area contributed by atoms with E-state index < -0.39 is 0 Å². The maximum absolute atomic E-state index is 11.6. The standard InChI is InChI=1S/C13H15N3O/c1-11-5-4-6-12(9-11)15-13(17)10-14-16-7-2-3-8-16/h2-9,14H,10H2,1H3,(H,15,17). The van der Waals surface area contributed by atoms with Crippen molar-refractivity contribution < 1.29 is 4.79 Å². The van der Waals surface area contributed by atoms with Gasteiger partial charge in [0.25, 0.3) is 0 Å². The number of hydrogen-bond donors (Lipinski definition) is 2. The summed E-state index contributed by atoms with van der Waals surface area (Å²) >= 11 is 0. The number of aryl methyl sites for hydroxylation is 1. The lowest BCUT2D eigenvalue weighted by molar-refractivity contribution is -0.114. The molecular weight excluding hydrogens is 214 g/mol. The monoisotopic (exact) mass is 229 g/mol. The van der Waals surface area contributed by atoms with Crippen molar-refractivity contribution in [3.8, 4) is 0 Å². The fourth-order valence-electron chi connectivity index (χ4n) is 1.53. The minimum atomic E-state index is -0.0655. The Hall–Kier alpha value is -2.23. The van der Waals surface area contributed by atoms with Gasteiger partial charge in [-0.15, -0.1) is 0 Å². The largest absolute Gasteiger partial charge is 0.324 e. The van der Waals surface area contributed by atoms with E-state index in [0.717, 1.165) is 11.3 Å². The van der Waals surface area contributed by atoms with Gasteiger partial charge in [0.15, 0.2) is 0 Å². The van der Waals surface area contributed by atoms with Gasteiger partial charge in [0.1, 0.15) is 6.54 Å². The lowest BCUT2D eigenvalue weighted by Crippen LogP contribution is -2.26. The van der Waals surface area contributed by atoms with E-state index in [1.165, 1.54) is 0 Å². The van der Waals surface area contributed by atoms with Crippen molar-refractivity contribution in [3.05, 3.63) is 54.4 Å². The van der Waals surface area contributed by atoms with E-state index in [2.05, 4.69) is 10.7 Å². The number of carbonyl (C=O) groups excluding carboxylic acids is 1. The Morgan fingerprint density at radius 1 is 1.24 bits per heavy atom. The van der Waals surface area contributed by atoms with Crippen molar-refractivity contribution in [2.24, 2.45) is 0 Å². The SMILES string of the molecule is Cc1cccc(NC(=O)CNn2cccc2)c1. The molecule has 0 unspecified atom stereocenters. The van der Waals surface area contributed by atoms with Gasteiger partial charge in [0, 0.05) is 18.1 Å². The zero-order valence-electron chi connectivity index (χ0n) is 9.68. The summed E-state index contributed by atoms with van der Waals surface area (Å²) in [6, 6.07) is 11.5. The number of hydrogen-bond acceptors (Lipinski definition) is 2. The molecule has 4 nitrogen and oxygen atoms in total. The number of rotatable bonds is 4. The van der Waals surface area contributed by atoms with E-state index in [1.54, 1.807) is 4.68 Å². The number of benzene rings is 1. The molecule has 0 aliphatic heterocycles. The molecule has 1 amide bonds. The maximum Gasteiger partial charge on any atom is 0.245 e. The summed E-state index contributed by atoms with van der Waals surface area (Å²) in [5.41, 5.74) is 4.91. The highest BCUT2D eigenvalue weighted by Gasteiger charge is 2.01. The van der Waals surface area contributed by atoms with E-state index >= 15 is 0 Å². The first-order valence-electron chi connectivity index (χ1n) is 5.47. The molecule has 0 aliphatic carbocycles. The van der Waals surface area contributed by atoms with Crippen molar-refractivity contribution >= 4 is 11.6 Å². The second-order valence-corrected chi connectivity index (χ2v) is 3.84. The average molecular weight is 229 g/mol. The second-order valence-electron chi connectivity index (χ2n) is 3.84. The zero-order valence-corrected chi connectivity index (χ0v) is 9.68. The van der Waals surface area contributed by atoms with E-state index in [0.29, 0.717) is 0 Å². The molecule has 2 rings (SSSR count). The summed E-state index contributed by atoms with van der Waals surface area (Å²) in [6.07, 6.45) is 3.69. The third-order valence-electron chi connectivity index (χ3n) is 2.33. The van der Waals surface area contributed by atoms with Crippen molar-refractivity contribution in [1.29, 1.82) is 0 Å². The highest BCUT2D eigenvalue weighted by molar-refractivity contribution is 5.93. The number of nitrogens with zero attached hydrogens (tertiary/aromatic N) is 1. The van der Waals surface area contributed by atoms with Crippen LogP contribution in [-0.4, -0.2) is 17.1 Å². The lowest BCUT2D eigenvalue weighted by atomic mass is 10.2. The molecule has 0 bridgehead atoms. The van der Waals surface area contributed by atoms with Crippen molar-refractivity contribution in [2.45, 2.75) is 6.92 Å². The molecular formula is C13H15N3O. The summed E-state index contributed by atoms with van der Waals surface area (Å²) in [7, 11) is 0. The Kier molecular flexibility index (Phi) is 3.45. The smallest absolute Gasteiger partial charge is 0.245 e. The van der Waals surface area contributed by atoms with Crippen LogP contribution in [0.2, 0.25) is 0 Å². The van der Waals surface area contributed by atoms with Crippen LogP contribution in [-0.2, 0) is 4.79 Å². The van der Waals surface area contributed by atoms with Gasteiger partial charge in [-0.2, -0.15) is 0 Å². The molecule has 17 heavy (non-hydrogen) atoms. The minimum Gasteiger partial charge on any atom is -0.324 e. The zero-order chi connectivity index (χ0) is 12.1. The number of carbonyl (C=O) groups is 1. The van der Waals surface area contributed by atoms with Crippen LogP contribution >= 0.6 is 0 Å². The Morgan fingerprint density at radius 2 is 2.00 bits per heavy atom. The van der Waals surface area contributed by atoms with Gasteiger partial charge in [0.2, 0.25) is 5.91 Å². The first kappa shape index (κ1) is 11.3. The Morgan fingerprint density at radius 3 is 2.71 bits per heavy atom. The second kappa shape index (κ2) is 5.21. The van der Waals surface area contributed by atoms with Crippen molar-refractivity contribution in [2.75, 3.05) is 17.3 Å². The van der Waals surface area contributed by atoms with Crippen LogP contribution in [0.3, 0.4) is 0 Å². The third-order valence-corrected chi connectivity index (χ3v) is 2.33. The average Bonchev–Trinajstić information content (AvgIpc) is 2.79. The van der Waals surface area contributed by atoms with Gasteiger partial charge in [-0.05, 0) is 36.8 Å². The van der Waals surface area contributed by atoms with Crippen molar-refractivity contribution in [1.82, 2.24) is 4.68 Å². The molecule has 0 atom stereocenters. The van der Waals surface area contributed by atoms with Crippen LogP contribution in [0.1, 0.15) is 5.56 Å². The molecule has 1 aromatic heterocycles. The number of nitrogens with one attached hydrogen (secondary N) is 2. The highest BCUT2D eigenvalue weighted by Crippen LogP contribution is 2.08. The number of anilines is 1. The molecule has 4 heteroatoms. The highest BCUT2D eigenvalue weighted by atomic mass is 16.2. The Labute approximate surface area is 100 Å². The molecule has 0 fully saturated rings. The molecule has 0 saturated carbocycles. The summed E-state index contributed by atoms with van der Waals surface area (Å²) in [5, 5.41) is 2.83. The summed E-state index contributed by atoms with van der Waals surface area (Å²) in [4.78, 5) is 11.6. The van der Waals surface area contributed by atoms with Crippen LogP contribution in [0.25, 0.3) is 0 Å². The molecule has 88 valence electrons. The number of amides is 1. The van der Waals surface area contributed by atoms with E-state index in [1.807, 2.05) is 55.7 Å². The first-order chi connectivity index (χ1) is 8.24. The van der Waals surface area contributed by atoms with Gasteiger partial charge >= 0.3 is 0 Å². The normalized spacial score (nSPS) is 9.94. The van der Waals surface area contributed by atoms with Crippen LogP contribution in [0.4, 0.5) is 5.69 Å². The lowest BCUT2D eigenvalue weighted by Gasteiger charge is -2.08. The van der Waals surface area contributed by atoms with Gasteiger partial charge in [-0.1, -0.05) is 12.1 Å². The minimum absolute atomic E-state index is 0.0655. The van der Waals surface area contributed by atoms with Gasteiger partial charge in [-0.25, -0.2) is 0 Å². The molecule has 2 aromatic rings. The molecule has 0 saturated heterocycles. The van der Waals surface area contributed by atoms with Crippen LogP contribution in [0.15, 0.2) is 48.8 Å².